The first-order valence-electron chi connectivity index (χ1n) is 7.32. The average Bonchev–Trinajstić information content (AvgIpc) is 3.20. The van der Waals surface area contributed by atoms with Crippen molar-refractivity contribution in [1.82, 2.24) is 25.4 Å². The highest BCUT2D eigenvalue weighted by molar-refractivity contribution is 8.00. The Morgan fingerprint density at radius 2 is 2.27 bits per heavy atom. The van der Waals surface area contributed by atoms with E-state index in [1.54, 1.807) is 13.0 Å². The number of hydrogen-bond acceptors (Lipinski definition) is 7. The van der Waals surface area contributed by atoms with Gasteiger partial charge in [0.1, 0.15) is 0 Å². The van der Waals surface area contributed by atoms with Crippen molar-refractivity contribution in [3.05, 3.63) is 11.8 Å². The van der Waals surface area contributed by atoms with Crippen LogP contribution in [0.2, 0.25) is 0 Å². The average molecular weight is 322 g/mol. The van der Waals surface area contributed by atoms with E-state index < -0.39 is 0 Å². The molecule has 0 radical (unpaired) electrons. The molecule has 1 aliphatic rings. The molecule has 3 rings (SSSR count). The number of amides is 1. The van der Waals surface area contributed by atoms with Gasteiger partial charge >= 0.3 is 0 Å². The molecule has 2 aromatic rings. The summed E-state index contributed by atoms with van der Waals surface area (Å²) in [6, 6.07) is 2.03. The predicted octanol–water partition coefficient (Wildman–Crippen LogP) is 2.20. The highest BCUT2D eigenvalue weighted by Crippen LogP contribution is 2.32. The summed E-state index contributed by atoms with van der Waals surface area (Å²) >= 11 is 1.35. The Balaban J connectivity index is 1.62. The molecule has 0 bridgehead atoms. The summed E-state index contributed by atoms with van der Waals surface area (Å²) in [6.07, 6.45) is 4.60. The van der Waals surface area contributed by atoms with E-state index in [-0.39, 0.29) is 11.2 Å². The zero-order valence-corrected chi connectivity index (χ0v) is 13.3. The first kappa shape index (κ1) is 15.0. The minimum atomic E-state index is -0.337. The highest BCUT2D eigenvalue weighted by atomic mass is 32.2. The lowest BCUT2D eigenvalue weighted by Crippen LogP contribution is -2.23. The summed E-state index contributed by atoms with van der Waals surface area (Å²) in [6.45, 7) is 3.62. The maximum atomic E-state index is 12.2. The number of aromatic nitrogens is 5. The Morgan fingerprint density at radius 3 is 2.95 bits per heavy atom. The molecule has 1 aliphatic carbocycles. The molecule has 0 saturated heterocycles. The predicted molar refractivity (Wildman–Crippen MR) is 80.5 cm³/mol. The van der Waals surface area contributed by atoms with Crippen LogP contribution in [0.3, 0.4) is 0 Å². The number of hydrogen-bond donors (Lipinski definition) is 1. The van der Waals surface area contributed by atoms with E-state index in [4.69, 9.17) is 4.52 Å². The molecule has 9 heteroatoms. The summed E-state index contributed by atoms with van der Waals surface area (Å²) < 4.78 is 6.84. The van der Waals surface area contributed by atoms with E-state index in [1.807, 2.05) is 11.6 Å². The molecule has 1 fully saturated rings. The zero-order valence-electron chi connectivity index (χ0n) is 12.5. The molecule has 0 aliphatic heterocycles. The van der Waals surface area contributed by atoms with Gasteiger partial charge in [0.15, 0.2) is 0 Å². The Morgan fingerprint density at radius 1 is 1.50 bits per heavy atom. The third-order valence-corrected chi connectivity index (χ3v) is 4.71. The largest absolute Gasteiger partial charge is 0.338 e. The number of nitrogens with one attached hydrogen (secondary N) is 1. The van der Waals surface area contributed by atoms with E-state index in [0.717, 1.165) is 18.5 Å². The van der Waals surface area contributed by atoms with Crippen LogP contribution in [0.5, 0.6) is 0 Å². The molecule has 1 atom stereocenters. The third kappa shape index (κ3) is 3.29. The smallest absolute Gasteiger partial charge is 0.240 e. The molecule has 1 N–H and O–H groups in total. The normalized spacial score (nSPS) is 16.8. The number of aryl methyl sites for hydroxylation is 1. The second-order valence-corrected chi connectivity index (χ2v) is 6.73. The van der Waals surface area contributed by atoms with Gasteiger partial charge in [-0.1, -0.05) is 29.8 Å². The van der Waals surface area contributed by atoms with Crippen LogP contribution < -0.4 is 5.32 Å². The standard InChI is InChI=1S/C13H18N6O2S/c1-8-7-11(21-16-8)14-12(20)9(2)22-13-15-17-18-19(13)10-5-3-4-6-10/h7,9-10H,3-6H2,1-2H3,(H,14,20). The molecule has 0 spiro atoms. The van der Waals surface area contributed by atoms with Crippen LogP contribution in [0.4, 0.5) is 5.88 Å². The summed E-state index contributed by atoms with van der Waals surface area (Å²) in [5.74, 6) is 0.187. The van der Waals surface area contributed by atoms with Crippen molar-refractivity contribution in [2.24, 2.45) is 0 Å². The lowest BCUT2D eigenvalue weighted by atomic mass is 10.3. The monoisotopic (exact) mass is 322 g/mol. The van der Waals surface area contributed by atoms with E-state index >= 15 is 0 Å². The minimum absolute atomic E-state index is 0.165. The molecule has 2 aromatic heterocycles. The van der Waals surface area contributed by atoms with Gasteiger partial charge in [0, 0.05) is 6.07 Å². The fraction of sp³-hybridized carbons (Fsp3) is 0.615. The molecule has 8 nitrogen and oxygen atoms in total. The van der Waals surface area contributed by atoms with Crippen molar-refractivity contribution >= 4 is 23.6 Å². The minimum Gasteiger partial charge on any atom is -0.338 e. The van der Waals surface area contributed by atoms with Gasteiger partial charge in [-0.15, -0.1) is 5.10 Å². The zero-order chi connectivity index (χ0) is 15.5. The first-order chi connectivity index (χ1) is 10.6. The van der Waals surface area contributed by atoms with Gasteiger partial charge in [0.2, 0.25) is 16.9 Å². The number of carbonyl (C=O) groups excluding carboxylic acids is 1. The van der Waals surface area contributed by atoms with Crippen molar-refractivity contribution < 1.29 is 9.32 Å². The van der Waals surface area contributed by atoms with Crippen LogP contribution in [-0.2, 0) is 4.79 Å². The van der Waals surface area contributed by atoms with Crippen molar-refractivity contribution in [2.45, 2.75) is 56.0 Å². The second kappa shape index (κ2) is 6.47. The summed E-state index contributed by atoms with van der Waals surface area (Å²) in [5.41, 5.74) is 0.723. The Labute approximate surface area is 132 Å². The number of tetrazole rings is 1. The first-order valence-corrected chi connectivity index (χ1v) is 8.20. The molecule has 118 valence electrons. The summed E-state index contributed by atoms with van der Waals surface area (Å²) in [4.78, 5) is 12.2. The molecule has 1 unspecified atom stereocenters. The summed E-state index contributed by atoms with van der Waals surface area (Å²) in [5, 5.41) is 18.6. The Kier molecular flexibility index (Phi) is 4.41. The van der Waals surface area contributed by atoms with Crippen LogP contribution in [0.1, 0.15) is 44.3 Å². The Bertz CT molecular complexity index is 649. The van der Waals surface area contributed by atoms with Gasteiger partial charge in [-0.05, 0) is 37.1 Å². The van der Waals surface area contributed by atoms with Crippen molar-refractivity contribution in [3.63, 3.8) is 0 Å². The lowest BCUT2D eigenvalue weighted by Gasteiger charge is -2.13. The Hall–Kier alpha value is -1.90. The van der Waals surface area contributed by atoms with Gasteiger partial charge in [0.25, 0.3) is 0 Å². The molecule has 2 heterocycles. The maximum absolute atomic E-state index is 12.2. The topological polar surface area (TPSA) is 98.7 Å². The molecule has 1 amide bonds. The number of nitrogens with zero attached hydrogens (tertiary/aromatic N) is 5. The molecule has 1 saturated carbocycles. The van der Waals surface area contributed by atoms with Gasteiger partial charge in [-0.25, -0.2) is 4.68 Å². The molecular formula is C13H18N6O2S. The highest BCUT2D eigenvalue weighted by Gasteiger charge is 2.25. The van der Waals surface area contributed by atoms with Crippen LogP contribution >= 0.6 is 11.8 Å². The van der Waals surface area contributed by atoms with Crippen molar-refractivity contribution in [3.8, 4) is 0 Å². The van der Waals surface area contributed by atoms with Gasteiger partial charge < -0.3 is 4.52 Å². The number of rotatable bonds is 5. The molecule has 22 heavy (non-hydrogen) atoms. The third-order valence-electron chi connectivity index (χ3n) is 3.66. The van der Waals surface area contributed by atoms with Crippen LogP contribution in [-0.4, -0.2) is 36.5 Å². The van der Waals surface area contributed by atoms with Crippen LogP contribution in [0.25, 0.3) is 0 Å². The van der Waals surface area contributed by atoms with E-state index in [1.165, 1.54) is 24.6 Å². The van der Waals surface area contributed by atoms with Crippen LogP contribution in [0.15, 0.2) is 15.7 Å². The van der Waals surface area contributed by atoms with E-state index in [9.17, 15) is 4.79 Å². The van der Waals surface area contributed by atoms with E-state index in [0.29, 0.717) is 17.1 Å². The van der Waals surface area contributed by atoms with Crippen LogP contribution in [0, 0.1) is 6.92 Å². The van der Waals surface area contributed by atoms with Gasteiger partial charge in [-0.3, -0.25) is 10.1 Å². The molecule has 0 aromatic carbocycles. The molecular weight excluding hydrogens is 304 g/mol. The lowest BCUT2D eigenvalue weighted by molar-refractivity contribution is -0.115. The maximum Gasteiger partial charge on any atom is 0.240 e. The SMILES string of the molecule is Cc1cc(NC(=O)C(C)Sc2nnnn2C2CCCC2)on1. The van der Waals surface area contributed by atoms with Crippen molar-refractivity contribution in [1.29, 1.82) is 0 Å². The fourth-order valence-electron chi connectivity index (χ4n) is 2.50. The van der Waals surface area contributed by atoms with Crippen molar-refractivity contribution in [2.75, 3.05) is 5.32 Å². The fourth-order valence-corrected chi connectivity index (χ4v) is 3.36. The number of anilines is 1. The number of thioether (sulfide) groups is 1. The van der Waals surface area contributed by atoms with Gasteiger partial charge in [0.05, 0.1) is 17.0 Å². The second-order valence-electron chi connectivity index (χ2n) is 5.43. The van der Waals surface area contributed by atoms with E-state index in [2.05, 4.69) is 26.0 Å². The van der Waals surface area contributed by atoms with Gasteiger partial charge in [-0.2, -0.15) is 0 Å². The number of carbonyl (C=O) groups is 1. The summed E-state index contributed by atoms with van der Waals surface area (Å²) in [7, 11) is 0. The quantitative estimate of drug-likeness (QED) is 0.842.